The summed E-state index contributed by atoms with van der Waals surface area (Å²) in [5.41, 5.74) is 1.15. The highest BCUT2D eigenvalue weighted by atomic mass is 32.1. The molecule has 0 fully saturated rings. The first-order chi connectivity index (χ1) is 10.1. The zero-order valence-electron chi connectivity index (χ0n) is 11.4. The average Bonchev–Trinajstić information content (AvgIpc) is 3.02. The molecule has 1 aliphatic heterocycles. The van der Waals surface area contributed by atoms with E-state index >= 15 is 0 Å². The van der Waals surface area contributed by atoms with E-state index in [4.69, 9.17) is 0 Å². The van der Waals surface area contributed by atoms with Gasteiger partial charge >= 0.3 is 0 Å². The van der Waals surface area contributed by atoms with Crippen molar-refractivity contribution in [1.29, 1.82) is 0 Å². The largest absolute Gasteiger partial charge is 0.298 e. The molecule has 5 heteroatoms. The smallest absolute Gasteiger partial charge is 0.248 e. The molecule has 0 N–H and O–H groups in total. The molecule has 1 aromatic carbocycles. The van der Waals surface area contributed by atoms with Crippen molar-refractivity contribution in [2.24, 2.45) is 0 Å². The lowest BCUT2D eigenvalue weighted by molar-refractivity contribution is -0.129. The van der Waals surface area contributed by atoms with Crippen LogP contribution in [-0.4, -0.2) is 17.6 Å². The Kier molecular flexibility index (Phi) is 3.43. The maximum Gasteiger partial charge on any atom is 0.248 e. The molecule has 3 rings (SSSR count). The molecular weight excluding hydrogens is 286 g/mol. The third kappa shape index (κ3) is 2.29. The Morgan fingerprint density at radius 1 is 1.19 bits per heavy atom. The zero-order valence-corrected chi connectivity index (χ0v) is 12.2. The second-order valence-electron chi connectivity index (χ2n) is 4.91. The van der Waals surface area contributed by atoms with E-state index in [0.717, 1.165) is 9.78 Å². The summed E-state index contributed by atoms with van der Waals surface area (Å²) in [5, 5.41) is 1.90. The number of anilines is 1. The number of thiophene rings is 1. The summed E-state index contributed by atoms with van der Waals surface area (Å²) in [4.78, 5) is 38.7. The molecule has 4 nitrogen and oxygen atoms in total. The van der Waals surface area contributed by atoms with Crippen molar-refractivity contribution >= 4 is 34.6 Å². The van der Waals surface area contributed by atoms with Crippen molar-refractivity contribution in [2.45, 2.75) is 19.3 Å². The van der Waals surface area contributed by atoms with Crippen LogP contribution in [0, 0.1) is 0 Å². The van der Waals surface area contributed by atoms with Gasteiger partial charge in [-0.1, -0.05) is 24.3 Å². The molecule has 1 aliphatic rings. The lowest BCUT2D eigenvalue weighted by Gasteiger charge is -2.12. The fourth-order valence-electron chi connectivity index (χ4n) is 2.64. The van der Waals surface area contributed by atoms with Gasteiger partial charge in [-0.05, 0) is 23.1 Å². The van der Waals surface area contributed by atoms with Crippen LogP contribution in [0.15, 0.2) is 41.8 Å². The van der Waals surface area contributed by atoms with Crippen molar-refractivity contribution in [3.8, 4) is 0 Å². The first-order valence-corrected chi connectivity index (χ1v) is 7.46. The maximum atomic E-state index is 12.5. The summed E-state index contributed by atoms with van der Waals surface area (Å²) in [6.45, 7) is 1.33. The quantitative estimate of drug-likeness (QED) is 0.818. The summed E-state index contributed by atoms with van der Waals surface area (Å²) in [7, 11) is 0. The Labute approximate surface area is 126 Å². The predicted octanol–water partition coefficient (Wildman–Crippen LogP) is 2.54. The molecule has 2 aromatic rings. The fraction of sp³-hybridized carbons (Fsp3) is 0.188. The van der Waals surface area contributed by atoms with Crippen molar-refractivity contribution in [3.63, 3.8) is 0 Å². The lowest BCUT2D eigenvalue weighted by atomic mass is 9.94. The zero-order chi connectivity index (χ0) is 15.0. The average molecular weight is 299 g/mol. The minimum atomic E-state index is -0.868. The number of imide groups is 1. The molecular formula is C16H13NO3S. The summed E-state index contributed by atoms with van der Waals surface area (Å²) in [5.74, 6) is -1.84. The van der Waals surface area contributed by atoms with E-state index in [-0.39, 0.29) is 18.1 Å². The number of hydrogen-bond acceptors (Lipinski definition) is 4. The Morgan fingerprint density at radius 3 is 2.62 bits per heavy atom. The number of benzene rings is 1. The number of fused-ring (bicyclic) bond motifs is 1. The minimum absolute atomic E-state index is 0.168. The number of carbonyl (C=O) groups is 3. The van der Waals surface area contributed by atoms with Gasteiger partial charge < -0.3 is 0 Å². The monoisotopic (exact) mass is 299 g/mol. The molecule has 1 aromatic heterocycles. The molecule has 21 heavy (non-hydrogen) atoms. The van der Waals surface area contributed by atoms with Crippen molar-refractivity contribution in [1.82, 2.24) is 0 Å². The van der Waals surface area contributed by atoms with E-state index in [1.165, 1.54) is 18.3 Å². The molecule has 0 bridgehead atoms. The minimum Gasteiger partial charge on any atom is -0.298 e. The van der Waals surface area contributed by atoms with Crippen LogP contribution >= 0.6 is 11.3 Å². The number of rotatable bonds is 3. The van der Waals surface area contributed by atoms with E-state index in [9.17, 15) is 14.4 Å². The maximum absolute atomic E-state index is 12.5. The van der Waals surface area contributed by atoms with Gasteiger partial charge in [-0.3, -0.25) is 14.4 Å². The van der Waals surface area contributed by atoms with Crippen LogP contribution in [0.5, 0.6) is 0 Å². The number of amides is 2. The van der Waals surface area contributed by atoms with Crippen LogP contribution < -0.4 is 4.90 Å². The van der Waals surface area contributed by atoms with Gasteiger partial charge in [0, 0.05) is 18.2 Å². The third-order valence-electron chi connectivity index (χ3n) is 3.52. The molecule has 2 heterocycles. The molecule has 106 valence electrons. The Hall–Kier alpha value is -2.27. The molecule has 0 saturated heterocycles. The van der Waals surface area contributed by atoms with Gasteiger partial charge in [0.2, 0.25) is 11.8 Å². The molecule has 1 atom stereocenters. The Bertz CT molecular complexity index is 721. The third-order valence-corrected chi connectivity index (χ3v) is 4.40. The molecule has 2 amide bonds. The van der Waals surface area contributed by atoms with Crippen LogP contribution in [0.25, 0.3) is 0 Å². The number of carbonyl (C=O) groups excluding carboxylic acids is 3. The molecule has 0 saturated carbocycles. The number of para-hydroxylation sites is 1. The predicted molar refractivity (Wildman–Crippen MR) is 80.4 cm³/mol. The summed E-state index contributed by atoms with van der Waals surface area (Å²) in [6, 6.07) is 10.7. The summed E-state index contributed by atoms with van der Waals surface area (Å²) < 4.78 is 0. The van der Waals surface area contributed by atoms with Gasteiger partial charge in [-0.25, -0.2) is 4.90 Å². The highest BCUT2D eigenvalue weighted by molar-refractivity contribution is 7.10. The number of nitrogens with zero attached hydrogens (tertiary/aromatic N) is 1. The molecule has 0 radical (unpaired) electrons. The van der Waals surface area contributed by atoms with Gasteiger partial charge in [0.1, 0.15) is 5.92 Å². The van der Waals surface area contributed by atoms with Gasteiger partial charge in [0.05, 0.1) is 5.69 Å². The Morgan fingerprint density at radius 2 is 1.95 bits per heavy atom. The van der Waals surface area contributed by atoms with E-state index in [1.807, 2.05) is 17.5 Å². The van der Waals surface area contributed by atoms with Crippen molar-refractivity contribution < 1.29 is 14.4 Å². The van der Waals surface area contributed by atoms with Crippen LogP contribution in [0.4, 0.5) is 5.69 Å². The first-order valence-electron chi connectivity index (χ1n) is 6.58. The van der Waals surface area contributed by atoms with Crippen molar-refractivity contribution in [2.75, 3.05) is 4.90 Å². The van der Waals surface area contributed by atoms with Gasteiger partial charge in [-0.2, -0.15) is 0 Å². The fourth-order valence-corrected chi connectivity index (χ4v) is 3.35. The molecule has 0 spiro atoms. The van der Waals surface area contributed by atoms with Crippen LogP contribution in [-0.2, 0) is 20.8 Å². The van der Waals surface area contributed by atoms with Gasteiger partial charge in [0.15, 0.2) is 5.78 Å². The summed E-state index contributed by atoms with van der Waals surface area (Å²) in [6.07, 6.45) is 0.216. The molecule has 1 unspecified atom stereocenters. The van der Waals surface area contributed by atoms with Crippen LogP contribution in [0.1, 0.15) is 23.3 Å². The van der Waals surface area contributed by atoms with Gasteiger partial charge in [-0.15, -0.1) is 11.3 Å². The Balaban J connectivity index is 1.97. The van der Waals surface area contributed by atoms with E-state index in [2.05, 4.69) is 0 Å². The summed E-state index contributed by atoms with van der Waals surface area (Å²) >= 11 is 1.49. The topological polar surface area (TPSA) is 54.5 Å². The van der Waals surface area contributed by atoms with E-state index < -0.39 is 11.8 Å². The standard InChI is InChI=1S/C16H13NO3S/c1-10(18)17-13-7-3-2-6-12(13)15(16(17)20)14(19)9-11-5-4-8-21-11/h2-8,15H,9H2,1H3. The number of hydrogen-bond donors (Lipinski definition) is 0. The van der Waals surface area contributed by atoms with E-state index in [1.54, 1.807) is 24.3 Å². The normalized spacial score (nSPS) is 16.9. The highest BCUT2D eigenvalue weighted by Crippen LogP contribution is 2.38. The van der Waals surface area contributed by atoms with Crippen molar-refractivity contribution in [3.05, 3.63) is 52.2 Å². The lowest BCUT2D eigenvalue weighted by Crippen LogP contribution is -2.35. The SMILES string of the molecule is CC(=O)N1C(=O)C(C(=O)Cc2cccs2)c2ccccc21. The second kappa shape index (κ2) is 5.26. The van der Waals surface area contributed by atoms with E-state index in [0.29, 0.717) is 11.3 Å². The first kappa shape index (κ1) is 13.7. The number of Topliss-reactive ketones (excluding diaryl/α,β-unsaturated/α-hetero) is 1. The number of ketones is 1. The highest BCUT2D eigenvalue weighted by Gasteiger charge is 2.43. The molecule has 0 aliphatic carbocycles. The van der Waals surface area contributed by atoms with Crippen LogP contribution in [0.3, 0.4) is 0 Å². The van der Waals surface area contributed by atoms with Crippen LogP contribution in [0.2, 0.25) is 0 Å². The second-order valence-corrected chi connectivity index (χ2v) is 5.94. The van der Waals surface area contributed by atoms with Gasteiger partial charge in [0.25, 0.3) is 0 Å².